The number of nitrogens with one attached hydrogen (secondary N) is 2. The number of fused-ring (bicyclic) bond motifs is 2. The maximum Gasteiger partial charge on any atom is 0.254 e. The summed E-state index contributed by atoms with van der Waals surface area (Å²) >= 11 is 0. The average molecular weight is 480 g/mol. The van der Waals surface area contributed by atoms with Crippen LogP contribution in [0.1, 0.15) is 34.9 Å². The highest BCUT2D eigenvalue weighted by atomic mass is 19.1. The maximum absolute atomic E-state index is 13.7. The van der Waals surface area contributed by atoms with Gasteiger partial charge in [0.1, 0.15) is 17.9 Å². The van der Waals surface area contributed by atoms with Crippen LogP contribution in [0.4, 0.5) is 4.39 Å². The SMILES string of the molecule is O=C(N[C@@H]1C[C@H]2C(=O)N[C@@H]3CCN(C(=O)c4cccc(F)c4)[C@@H]3C(=O)N2C1)[C@@H](O)c1ccccc1. The van der Waals surface area contributed by atoms with E-state index < -0.39 is 47.9 Å². The van der Waals surface area contributed by atoms with Crippen LogP contribution >= 0.6 is 0 Å². The van der Waals surface area contributed by atoms with Gasteiger partial charge in [0.25, 0.3) is 11.8 Å². The Morgan fingerprint density at radius 1 is 1.11 bits per heavy atom. The number of amides is 4. The van der Waals surface area contributed by atoms with Crippen molar-refractivity contribution in [3.05, 3.63) is 71.5 Å². The molecule has 9 nitrogen and oxygen atoms in total. The minimum Gasteiger partial charge on any atom is -0.378 e. The van der Waals surface area contributed by atoms with E-state index in [0.717, 1.165) is 6.07 Å². The van der Waals surface area contributed by atoms with E-state index in [9.17, 15) is 28.7 Å². The van der Waals surface area contributed by atoms with Gasteiger partial charge in [-0.25, -0.2) is 4.39 Å². The van der Waals surface area contributed by atoms with Gasteiger partial charge in [0.05, 0.1) is 6.04 Å². The highest BCUT2D eigenvalue weighted by Gasteiger charge is 2.52. The summed E-state index contributed by atoms with van der Waals surface area (Å²) in [6, 6.07) is 11.0. The number of carbonyl (C=O) groups is 4. The molecule has 0 radical (unpaired) electrons. The molecule has 3 fully saturated rings. The molecule has 3 heterocycles. The van der Waals surface area contributed by atoms with Crippen LogP contribution in [0.25, 0.3) is 0 Å². The first kappa shape index (κ1) is 23.0. The van der Waals surface area contributed by atoms with Crippen molar-refractivity contribution in [3.8, 4) is 0 Å². The van der Waals surface area contributed by atoms with Crippen LogP contribution in [0.3, 0.4) is 0 Å². The molecule has 3 saturated heterocycles. The third kappa shape index (κ3) is 4.25. The van der Waals surface area contributed by atoms with Crippen molar-refractivity contribution in [2.24, 2.45) is 0 Å². The van der Waals surface area contributed by atoms with Gasteiger partial charge in [-0.05, 0) is 36.6 Å². The lowest BCUT2D eigenvalue weighted by Crippen LogP contribution is -2.52. The molecule has 2 aromatic rings. The molecular weight excluding hydrogens is 455 g/mol. The molecule has 10 heteroatoms. The van der Waals surface area contributed by atoms with Crippen molar-refractivity contribution in [2.45, 2.75) is 43.1 Å². The Balaban J connectivity index is 1.32. The van der Waals surface area contributed by atoms with Gasteiger partial charge in [-0.15, -0.1) is 0 Å². The Hall–Kier alpha value is -3.79. The molecule has 3 N–H and O–H groups in total. The third-order valence-electron chi connectivity index (χ3n) is 6.91. The maximum atomic E-state index is 13.7. The van der Waals surface area contributed by atoms with Gasteiger partial charge >= 0.3 is 0 Å². The average Bonchev–Trinajstić information content (AvgIpc) is 3.45. The van der Waals surface area contributed by atoms with E-state index in [1.54, 1.807) is 30.3 Å². The predicted molar refractivity (Wildman–Crippen MR) is 121 cm³/mol. The molecule has 0 spiro atoms. The van der Waals surface area contributed by atoms with Gasteiger partial charge in [0, 0.05) is 24.7 Å². The van der Waals surface area contributed by atoms with Crippen LogP contribution in [-0.4, -0.2) is 75.8 Å². The number of benzene rings is 2. The van der Waals surface area contributed by atoms with E-state index in [-0.39, 0.29) is 36.9 Å². The Morgan fingerprint density at radius 3 is 2.63 bits per heavy atom. The van der Waals surface area contributed by atoms with Crippen LogP contribution in [0, 0.1) is 5.82 Å². The molecule has 182 valence electrons. The highest BCUT2D eigenvalue weighted by Crippen LogP contribution is 2.30. The van der Waals surface area contributed by atoms with Crippen LogP contribution in [-0.2, 0) is 14.4 Å². The van der Waals surface area contributed by atoms with Crippen molar-refractivity contribution in [1.29, 1.82) is 0 Å². The zero-order valence-electron chi connectivity index (χ0n) is 18.8. The standard InChI is InChI=1S/C25H25FN4O5/c26-16-8-4-7-15(11-16)24(34)29-10-9-18-20(29)25(35)30-13-17(12-19(30)22(32)28-18)27-23(33)21(31)14-5-2-1-3-6-14/h1-8,11,17-21,31H,9-10,12-13H2,(H,27,33)(H,28,32)/t17-,18-,19+,20+,21+/m1/s1. The second kappa shape index (κ2) is 9.10. The fraction of sp³-hybridized carbons (Fsp3) is 0.360. The first-order valence-electron chi connectivity index (χ1n) is 11.5. The molecule has 5 rings (SSSR count). The van der Waals surface area contributed by atoms with E-state index >= 15 is 0 Å². The third-order valence-corrected chi connectivity index (χ3v) is 6.91. The fourth-order valence-electron chi connectivity index (χ4n) is 5.21. The van der Waals surface area contributed by atoms with Crippen molar-refractivity contribution < 1.29 is 28.7 Å². The van der Waals surface area contributed by atoms with Gasteiger partial charge in [-0.1, -0.05) is 36.4 Å². The summed E-state index contributed by atoms with van der Waals surface area (Å²) in [5, 5.41) is 16.0. The van der Waals surface area contributed by atoms with Crippen LogP contribution in [0.15, 0.2) is 54.6 Å². The van der Waals surface area contributed by atoms with Gasteiger partial charge in [-0.3, -0.25) is 19.2 Å². The number of aliphatic hydroxyl groups excluding tert-OH is 1. The van der Waals surface area contributed by atoms with E-state index in [4.69, 9.17) is 0 Å². The van der Waals surface area contributed by atoms with Crippen molar-refractivity contribution in [3.63, 3.8) is 0 Å². The van der Waals surface area contributed by atoms with E-state index in [1.165, 1.54) is 28.0 Å². The number of carbonyl (C=O) groups excluding carboxylic acids is 4. The summed E-state index contributed by atoms with van der Waals surface area (Å²) in [6.07, 6.45) is -0.769. The van der Waals surface area contributed by atoms with Crippen LogP contribution < -0.4 is 10.6 Å². The molecule has 2 aromatic carbocycles. The normalized spacial score (nSPS) is 26.5. The van der Waals surface area contributed by atoms with E-state index in [0.29, 0.717) is 12.0 Å². The Labute approximate surface area is 200 Å². The molecule has 5 atom stereocenters. The van der Waals surface area contributed by atoms with Gasteiger partial charge in [-0.2, -0.15) is 0 Å². The molecular formula is C25H25FN4O5. The smallest absolute Gasteiger partial charge is 0.254 e. The number of likely N-dealkylation sites (tertiary alicyclic amines) is 1. The second-order valence-corrected chi connectivity index (χ2v) is 9.12. The molecule has 0 aromatic heterocycles. The van der Waals surface area contributed by atoms with Crippen LogP contribution in [0.5, 0.6) is 0 Å². The molecule has 0 unspecified atom stereocenters. The van der Waals surface area contributed by atoms with Crippen LogP contribution in [0.2, 0.25) is 0 Å². The zero-order chi connectivity index (χ0) is 24.7. The van der Waals surface area contributed by atoms with Crippen molar-refractivity contribution in [1.82, 2.24) is 20.4 Å². The Morgan fingerprint density at radius 2 is 1.89 bits per heavy atom. The quantitative estimate of drug-likeness (QED) is 0.584. The minimum atomic E-state index is -1.38. The number of hydrogen-bond donors (Lipinski definition) is 3. The number of halogens is 1. The summed E-state index contributed by atoms with van der Waals surface area (Å²) in [5.74, 6) is -2.38. The largest absolute Gasteiger partial charge is 0.378 e. The van der Waals surface area contributed by atoms with E-state index in [1.807, 2.05) is 0 Å². The summed E-state index contributed by atoms with van der Waals surface area (Å²) in [7, 11) is 0. The molecule has 3 aliphatic rings. The van der Waals surface area contributed by atoms with Gasteiger partial charge < -0.3 is 25.5 Å². The number of aliphatic hydroxyl groups is 1. The Kier molecular flexibility index (Phi) is 5.98. The highest BCUT2D eigenvalue weighted by molar-refractivity contribution is 6.01. The molecule has 4 amide bonds. The number of hydrogen-bond acceptors (Lipinski definition) is 5. The van der Waals surface area contributed by atoms with Gasteiger partial charge in [0.15, 0.2) is 6.10 Å². The number of rotatable bonds is 4. The topological polar surface area (TPSA) is 119 Å². The van der Waals surface area contributed by atoms with E-state index in [2.05, 4.69) is 10.6 Å². The predicted octanol–water partition coefficient (Wildman–Crippen LogP) is 0.358. The van der Waals surface area contributed by atoms with Gasteiger partial charge in [0.2, 0.25) is 11.8 Å². The first-order chi connectivity index (χ1) is 16.8. The molecule has 0 saturated carbocycles. The number of nitrogens with zero attached hydrogens (tertiary/aromatic N) is 2. The Bertz CT molecular complexity index is 1180. The first-order valence-corrected chi connectivity index (χ1v) is 11.5. The molecule has 3 aliphatic heterocycles. The van der Waals surface area contributed by atoms with Crippen molar-refractivity contribution >= 4 is 23.6 Å². The monoisotopic (exact) mass is 480 g/mol. The summed E-state index contributed by atoms with van der Waals surface area (Å²) in [5.41, 5.74) is 0.568. The minimum absolute atomic E-state index is 0.0788. The lowest BCUT2D eigenvalue weighted by atomic mass is 10.1. The summed E-state index contributed by atoms with van der Waals surface area (Å²) in [6.45, 7) is 0.327. The fourth-order valence-corrected chi connectivity index (χ4v) is 5.21. The molecule has 0 aliphatic carbocycles. The zero-order valence-corrected chi connectivity index (χ0v) is 18.8. The molecule has 35 heavy (non-hydrogen) atoms. The second-order valence-electron chi connectivity index (χ2n) is 9.12. The lowest BCUT2D eigenvalue weighted by Gasteiger charge is -2.29. The summed E-state index contributed by atoms with van der Waals surface area (Å²) in [4.78, 5) is 55.0. The lowest BCUT2D eigenvalue weighted by molar-refractivity contribution is -0.138. The summed E-state index contributed by atoms with van der Waals surface area (Å²) < 4.78 is 13.7. The van der Waals surface area contributed by atoms with Crippen molar-refractivity contribution in [2.75, 3.05) is 13.1 Å². The molecule has 0 bridgehead atoms.